The van der Waals surface area contributed by atoms with Crippen LogP contribution in [-0.2, 0) is 14.8 Å². The number of primary amides is 1. The summed E-state index contributed by atoms with van der Waals surface area (Å²) < 4.78 is 31.8. The third kappa shape index (κ3) is 5.62. The third-order valence-electron chi connectivity index (χ3n) is 5.36. The number of nitrogens with zero attached hydrogens (tertiary/aromatic N) is 1. The summed E-state index contributed by atoms with van der Waals surface area (Å²) in [5.74, 6) is -0.158. The lowest BCUT2D eigenvalue weighted by Gasteiger charge is -2.31. The fourth-order valence-corrected chi connectivity index (χ4v) is 4.71. The van der Waals surface area contributed by atoms with Crippen molar-refractivity contribution in [1.82, 2.24) is 9.62 Å². The van der Waals surface area contributed by atoms with Crippen molar-refractivity contribution < 1.29 is 22.7 Å². The molecule has 3 rings (SSSR count). The van der Waals surface area contributed by atoms with Crippen LogP contribution >= 0.6 is 0 Å². The largest absolute Gasteiger partial charge is 0.497 e. The van der Waals surface area contributed by atoms with E-state index in [9.17, 15) is 18.0 Å². The maximum Gasteiger partial charge on any atom is 0.254 e. The molecule has 3 N–H and O–H groups in total. The maximum absolute atomic E-state index is 13.3. The number of sulfonamides is 1. The van der Waals surface area contributed by atoms with Gasteiger partial charge in [-0.3, -0.25) is 9.59 Å². The van der Waals surface area contributed by atoms with E-state index in [1.165, 1.54) is 24.3 Å². The highest BCUT2D eigenvalue weighted by Crippen LogP contribution is 2.32. The molecule has 0 aliphatic carbocycles. The van der Waals surface area contributed by atoms with Crippen molar-refractivity contribution in [3.05, 3.63) is 59.7 Å². The van der Waals surface area contributed by atoms with Gasteiger partial charge in [0.15, 0.2) is 0 Å². The number of carbonyl (C=O) groups excluding carboxylic acids is 2. The highest BCUT2D eigenvalue weighted by Gasteiger charge is 2.28. The van der Waals surface area contributed by atoms with E-state index in [0.717, 1.165) is 37.0 Å². The molecule has 0 aromatic heterocycles. The van der Waals surface area contributed by atoms with Crippen LogP contribution in [0.2, 0.25) is 0 Å². The molecule has 1 aliphatic rings. The van der Waals surface area contributed by atoms with E-state index in [0.29, 0.717) is 12.1 Å². The van der Waals surface area contributed by atoms with Gasteiger partial charge in [-0.25, -0.2) is 13.1 Å². The minimum atomic E-state index is -3.88. The van der Waals surface area contributed by atoms with E-state index in [2.05, 4.69) is 4.72 Å². The smallest absolute Gasteiger partial charge is 0.254 e. The number of methoxy groups -OCH3 is 1. The first-order chi connectivity index (χ1) is 14.8. The van der Waals surface area contributed by atoms with Crippen LogP contribution in [0.15, 0.2) is 53.4 Å². The van der Waals surface area contributed by atoms with Gasteiger partial charge in [0.2, 0.25) is 15.9 Å². The number of amides is 2. The molecule has 9 heteroatoms. The second-order valence-corrected chi connectivity index (χ2v) is 9.22. The van der Waals surface area contributed by atoms with E-state index in [4.69, 9.17) is 10.5 Å². The monoisotopic (exact) mass is 445 g/mol. The zero-order chi connectivity index (χ0) is 22.4. The number of carbonyl (C=O) groups is 2. The summed E-state index contributed by atoms with van der Waals surface area (Å²) in [5.41, 5.74) is 6.45. The van der Waals surface area contributed by atoms with Gasteiger partial charge in [0.05, 0.1) is 24.6 Å². The normalized spacial score (nSPS) is 17.1. The highest BCUT2D eigenvalue weighted by molar-refractivity contribution is 7.89. The standard InChI is InChI=1S/C22H27N3O5S/c1-30-18-10-6-16(7-11-18)20-5-3-2-4-14-25(20)22(27)17-8-12-19(13-9-17)31(28,29)24-15-21(23)26/h6-13,20,24H,2-5,14-15H2,1H3,(H2,23,26). The molecule has 1 fully saturated rings. The van der Waals surface area contributed by atoms with Gasteiger partial charge in [0.1, 0.15) is 5.75 Å². The minimum Gasteiger partial charge on any atom is -0.497 e. The van der Waals surface area contributed by atoms with E-state index in [1.807, 2.05) is 29.2 Å². The van der Waals surface area contributed by atoms with Gasteiger partial charge in [-0.2, -0.15) is 0 Å². The zero-order valence-electron chi connectivity index (χ0n) is 17.4. The predicted molar refractivity (Wildman–Crippen MR) is 116 cm³/mol. The molecule has 2 aromatic carbocycles. The van der Waals surface area contributed by atoms with Crippen molar-refractivity contribution in [2.24, 2.45) is 5.73 Å². The Morgan fingerprint density at radius 1 is 1.06 bits per heavy atom. The second-order valence-electron chi connectivity index (χ2n) is 7.45. The molecule has 0 radical (unpaired) electrons. The van der Waals surface area contributed by atoms with E-state index >= 15 is 0 Å². The van der Waals surface area contributed by atoms with Gasteiger partial charge in [0.25, 0.3) is 5.91 Å². The van der Waals surface area contributed by atoms with Crippen LogP contribution in [0, 0.1) is 0 Å². The van der Waals surface area contributed by atoms with E-state index in [1.54, 1.807) is 7.11 Å². The summed E-state index contributed by atoms with van der Waals surface area (Å²) in [6, 6.07) is 13.4. The molecule has 0 spiro atoms. The van der Waals surface area contributed by atoms with Crippen molar-refractivity contribution in [1.29, 1.82) is 0 Å². The number of hydrogen-bond acceptors (Lipinski definition) is 5. The predicted octanol–water partition coefficient (Wildman–Crippen LogP) is 2.22. The van der Waals surface area contributed by atoms with Crippen molar-refractivity contribution in [2.75, 3.05) is 20.2 Å². The van der Waals surface area contributed by atoms with Crippen LogP contribution < -0.4 is 15.2 Å². The van der Waals surface area contributed by atoms with Crippen LogP contribution in [0.3, 0.4) is 0 Å². The lowest BCUT2D eigenvalue weighted by Crippen LogP contribution is -2.35. The molecular weight excluding hydrogens is 418 g/mol. The van der Waals surface area contributed by atoms with Crippen LogP contribution in [0.25, 0.3) is 0 Å². The second kappa shape index (κ2) is 9.93. The van der Waals surface area contributed by atoms with Gasteiger partial charge >= 0.3 is 0 Å². The summed E-state index contributed by atoms with van der Waals surface area (Å²) in [5, 5.41) is 0. The van der Waals surface area contributed by atoms with Gasteiger partial charge in [-0.15, -0.1) is 0 Å². The quantitative estimate of drug-likeness (QED) is 0.677. The van der Waals surface area contributed by atoms with Gasteiger partial charge in [-0.05, 0) is 54.8 Å². The van der Waals surface area contributed by atoms with Crippen LogP contribution in [0.5, 0.6) is 5.75 Å². The first kappa shape index (κ1) is 22.8. The van der Waals surface area contributed by atoms with Crippen LogP contribution in [-0.4, -0.2) is 45.3 Å². The SMILES string of the molecule is COc1ccc(C2CCCCCN2C(=O)c2ccc(S(=O)(=O)NCC(N)=O)cc2)cc1. The van der Waals surface area contributed by atoms with Crippen LogP contribution in [0.4, 0.5) is 0 Å². The molecule has 166 valence electrons. The molecule has 1 aliphatic heterocycles. The molecular formula is C22H27N3O5S. The van der Waals surface area contributed by atoms with Gasteiger partial charge < -0.3 is 15.4 Å². The maximum atomic E-state index is 13.3. The van der Waals surface area contributed by atoms with Crippen molar-refractivity contribution in [3.8, 4) is 5.75 Å². The zero-order valence-corrected chi connectivity index (χ0v) is 18.2. The van der Waals surface area contributed by atoms with Gasteiger partial charge in [0, 0.05) is 12.1 Å². The molecule has 31 heavy (non-hydrogen) atoms. The lowest BCUT2D eigenvalue weighted by molar-refractivity contribution is -0.116. The Labute approximate surface area is 182 Å². The van der Waals surface area contributed by atoms with Crippen molar-refractivity contribution in [3.63, 3.8) is 0 Å². The van der Waals surface area contributed by atoms with Crippen LogP contribution in [0.1, 0.15) is 47.6 Å². The average molecular weight is 446 g/mol. The summed E-state index contributed by atoms with van der Waals surface area (Å²) in [6.45, 7) is 0.149. The summed E-state index contributed by atoms with van der Waals surface area (Å²) >= 11 is 0. The van der Waals surface area contributed by atoms with Gasteiger partial charge in [-0.1, -0.05) is 25.0 Å². The average Bonchev–Trinajstić information content (AvgIpc) is 3.03. The number of nitrogens with two attached hydrogens (primary N) is 1. The van der Waals surface area contributed by atoms with E-state index in [-0.39, 0.29) is 16.8 Å². The topological polar surface area (TPSA) is 119 Å². The Bertz CT molecular complexity index is 1020. The molecule has 2 amide bonds. The Morgan fingerprint density at radius 3 is 2.35 bits per heavy atom. The first-order valence-electron chi connectivity index (χ1n) is 10.1. The van der Waals surface area contributed by atoms with Crippen molar-refractivity contribution >= 4 is 21.8 Å². The number of rotatable bonds is 7. The fourth-order valence-electron chi connectivity index (χ4n) is 3.72. The molecule has 1 atom stereocenters. The molecule has 0 saturated carbocycles. The van der Waals surface area contributed by atoms with Crippen molar-refractivity contribution in [2.45, 2.75) is 36.6 Å². The third-order valence-corrected chi connectivity index (χ3v) is 6.78. The number of benzene rings is 2. The first-order valence-corrected chi connectivity index (χ1v) is 11.6. The number of hydrogen-bond donors (Lipinski definition) is 2. The Morgan fingerprint density at radius 2 is 1.74 bits per heavy atom. The molecule has 1 saturated heterocycles. The summed E-state index contributed by atoms with van der Waals surface area (Å²) in [4.78, 5) is 26.0. The molecule has 1 heterocycles. The Hall–Kier alpha value is -2.91. The molecule has 8 nitrogen and oxygen atoms in total. The summed E-state index contributed by atoms with van der Waals surface area (Å²) in [7, 11) is -2.26. The molecule has 2 aromatic rings. The fraction of sp³-hybridized carbons (Fsp3) is 0.364. The highest BCUT2D eigenvalue weighted by atomic mass is 32.2. The Balaban J connectivity index is 1.82. The molecule has 1 unspecified atom stereocenters. The minimum absolute atomic E-state index is 0.0344. The summed E-state index contributed by atoms with van der Waals surface area (Å²) in [6.07, 6.45) is 3.87. The number of ether oxygens (including phenoxy) is 1. The number of nitrogens with one attached hydrogen (secondary N) is 1. The number of likely N-dealkylation sites (tertiary alicyclic amines) is 1. The lowest BCUT2D eigenvalue weighted by atomic mass is 10.00. The molecule has 0 bridgehead atoms. The Kier molecular flexibility index (Phi) is 7.29. The van der Waals surface area contributed by atoms with E-state index < -0.39 is 22.5 Å².